The van der Waals surface area contributed by atoms with Gasteiger partial charge in [-0.05, 0) is 12.3 Å². The fourth-order valence-corrected chi connectivity index (χ4v) is 1.40. The Hall–Kier alpha value is -0.970. The van der Waals surface area contributed by atoms with Crippen LogP contribution in [0, 0.1) is 30.1 Å². The highest BCUT2D eigenvalue weighted by Crippen LogP contribution is 2.23. The normalized spacial score (nSPS) is 15.2. The summed E-state index contributed by atoms with van der Waals surface area (Å²) in [6.45, 7) is 5.69. The Morgan fingerprint density at radius 2 is 2.08 bits per heavy atom. The van der Waals surface area contributed by atoms with Crippen LogP contribution in [-0.2, 0) is 4.79 Å². The standard InChI is InChI=1S/C10H16O2/c1-5-8(6-2)9(7(3)4)10(11)12/h1,7-9H,6H2,2-4H3,(H,11,12). The van der Waals surface area contributed by atoms with Gasteiger partial charge in [0.15, 0.2) is 0 Å². The number of carboxylic acids is 1. The number of hydrogen-bond acceptors (Lipinski definition) is 1. The molecule has 0 aromatic heterocycles. The maximum atomic E-state index is 10.8. The lowest BCUT2D eigenvalue weighted by Crippen LogP contribution is -2.27. The number of rotatable bonds is 4. The van der Waals surface area contributed by atoms with Crippen LogP contribution in [0.25, 0.3) is 0 Å². The van der Waals surface area contributed by atoms with Gasteiger partial charge in [0.2, 0.25) is 0 Å². The van der Waals surface area contributed by atoms with Crippen LogP contribution in [0.15, 0.2) is 0 Å². The fraction of sp³-hybridized carbons (Fsp3) is 0.700. The first-order chi connectivity index (χ1) is 5.54. The molecule has 2 nitrogen and oxygen atoms in total. The van der Waals surface area contributed by atoms with Crippen molar-refractivity contribution >= 4 is 5.97 Å². The van der Waals surface area contributed by atoms with Crippen molar-refractivity contribution in [3.8, 4) is 12.3 Å². The van der Waals surface area contributed by atoms with Gasteiger partial charge in [-0.3, -0.25) is 4.79 Å². The largest absolute Gasteiger partial charge is 0.481 e. The number of carbonyl (C=O) groups is 1. The lowest BCUT2D eigenvalue weighted by atomic mass is 9.82. The number of aliphatic carboxylic acids is 1. The molecule has 0 fully saturated rings. The van der Waals surface area contributed by atoms with Gasteiger partial charge in [-0.25, -0.2) is 0 Å². The SMILES string of the molecule is C#CC(CC)C(C(=O)O)C(C)C. The first kappa shape index (κ1) is 11.0. The summed E-state index contributed by atoms with van der Waals surface area (Å²) in [7, 11) is 0. The van der Waals surface area contributed by atoms with E-state index in [-0.39, 0.29) is 11.8 Å². The highest BCUT2D eigenvalue weighted by Gasteiger charge is 2.28. The van der Waals surface area contributed by atoms with Crippen molar-refractivity contribution in [3.63, 3.8) is 0 Å². The van der Waals surface area contributed by atoms with E-state index in [1.54, 1.807) is 0 Å². The molecule has 0 amide bonds. The van der Waals surface area contributed by atoms with Crippen LogP contribution in [0.3, 0.4) is 0 Å². The van der Waals surface area contributed by atoms with Crippen LogP contribution < -0.4 is 0 Å². The molecule has 2 atom stereocenters. The topological polar surface area (TPSA) is 37.3 Å². The molecule has 0 aliphatic heterocycles. The molecular formula is C10H16O2. The second-order valence-corrected chi connectivity index (χ2v) is 3.29. The van der Waals surface area contributed by atoms with Crippen LogP contribution in [0.2, 0.25) is 0 Å². The number of terminal acetylenes is 1. The Morgan fingerprint density at radius 3 is 2.17 bits per heavy atom. The molecule has 0 rings (SSSR count). The first-order valence-electron chi connectivity index (χ1n) is 4.23. The number of carboxylic acid groups (broad SMARTS) is 1. The third kappa shape index (κ3) is 2.58. The van der Waals surface area contributed by atoms with E-state index >= 15 is 0 Å². The van der Waals surface area contributed by atoms with Crippen molar-refractivity contribution in [2.24, 2.45) is 17.8 Å². The second-order valence-electron chi connectivity index (χ2n) is 3.29. The van der Waals surface area contributed by atoms with Gasteiger partial charge < -0.3 is 5.11 Å². The molecule has 0 aliphatic carbocycles. The van der Waals surface area contributed by atoms with Crippen molar-refractivity contribution in [2.45, 2.75) is 27.2 Å². The van der Waals surface area contributed by atoms with Gasteiger partial charge in [-0.2, -0.15) is 0 Å². The van der Waals surface area contributed by atoms with Gasteiger partial charge in [-0.15, -0.1) is 12.3 Å². The molecule has 0 radical (unpaired) electrons. The molecule has 0 spiro atoms. The molecule has 1 N–H and O–H groups in total. The second kappa shape index (κ2) is 4.82. The summed E-state index contributed by atoms with van der Waals surface area (Å²) in [5.41, 5.74) is 0. The monoisotopic (exact) mass is 168 g/mol. The van der Waals surface area contributed by atoms with E-state index < -0.39 is 11.9 Å². The summed E-state index contributed by atoms with van der Waals surface area (Å²) in [5.74, 6) is 1.31. The van der Waals surface area contributed by atoms with Gasteiger partial charge in [0.05, 0.1) is 5.92 Å². The van der Waals surface area contributed by atoms with E-state index in [0.29, 0.717) is 0 Å². The molecule has 2 unspecified atom stereocenters. The minimum absolute atomic E-state index is 0.100. The average molecular weight is 168 g/mol. The highest BCUT2D eigenvalue weighted by atomic mass is 16.4. The number of hydrogen-bond donors (Lipinski definition) is 1. The molecular weight excluding hydrogens is 152 g/mol. The third-order valence-electron chi connectivity index (χ3n) is 2.09. The average Bonchev–Trinajstić information content (AvgIpc) is 1.98. The van der Waals surface area contributed by atoms with Crippen LogP contribution in [0.4, 0.5) is 0 Å². The summed E-state index contributed by atoms with van der Waals surface area (Å²) in [6, 6.07) is 0. The van der Waals surface area contributed by atoms with Crippen LogP contribution in [-0.4, -0.2) is 11.1 Å². The zero-order valence-electron chi connectivity index (χ0n) is 7.87. The van der Waals surface area contributed by atoms with Gasteiger partial charge in [-0.1, -0.05) is 20.8 Å². The lowest BCUT2D eigenvalue weighted by molar-refractivity contribution is -0.144. The Bertz CT molecular complexity index is 189. The van der Waals surface area contributed by atoms with E-state index in [1.807, 2.05) is 20.8 Å². The van der Waals surface area contributed by atoms with Crippen molar-refractivity contribution < 1.29 is 9.90 Å². The quantitative estimate of drug-likeness (QED) is 0.652. The molecule has 68 valence electrons. The molecule has 0 aromatic carbocycles. The predicted octanol–water partition coefficient (Wildman–Crippen LogP) is 2.00. The third-order valence-corrected chi connectivity index (χ3v) is 2.09. The summed E-state index contributed by atoms with van der Waals surface area (Å²) in [4.78, 5) is 10.8. The Balaban J connectivity index is 4.51. The maximum Gasteiger partial charge on any atom is 0.308 e. The van der Waals surface area contributed by atoms with Crippen molar-refractivity contribution in [3.05, 3.63) is 0 Å². The van der Waals surface area contributed by atoms with E-state index in [9.17, 15) is 4.79 Å². The molecule has 0 aromatic rings. The van der Waals surface area contributed by atoms with Gasteiger partial charge in [0.25, 0.3) is 0 Å². The fourth-order valence-electron chi connectivity index (χ4n) is 1.40. The van der Waals surface area contributed by atoms with Crippen molar-refractivity contribution in [1.82, 2.24) is 0 Å². The van der Waals surface area contributed by atoms with Gasteiger partial charge >= 0.3 is 5.97 Å². The lowest BCUT2D eigenvalue weighted by Gasteiger charge is -2.21. The molecule has 0 saturated carbocycles. The molecule has 0 heterocycles. The van der Waals surface area contributed by atoms with E-state index in [0.717, 1.165) is 6.42 Å². The zero-order valence-corrected chi connectivity index (χ0v) is 7.87. The van der Waals surface area contributed by atoms with Gasteiger partial charge in [0.1, 0.15) is 0 Å². The van der Waals surface area contributed by atoms with E-state index in [2.05, 4.69) is 5.92 Å². The predicted molar refractivity (Wildman–Crippen MR) is 48.6 cm³/mol. The zero-order chi connectivity index (χ0) is 9.72. The Labute approximate surface area is 74.0 Å². The smallest absolute Gasteiger partial charge is 0.308 e. The Kier molecular flexibility index (Phi) is 4.43. The van der Waals surface area contributed by atoms with Gasteiger partial charge in [0, 0.05) is 5.92 Å². The molecule has 12 heavy (non-hydrogen) atoms. The van der Waals surface area contributed by atoms with Crippen molar-refractivity contribution in [1.29, 1.82) is 0 Å². The molecule has 0 saturated heterocycles. The summed E-state index contributed by atoms with van der Waals surface area (Å²) in [6.07, 6.45) is 5.97. The molecule has 0 bridgehead atoms. The van der Waals surface area contributed by atoms with E-state index in [1.165, 1.54) is 0 Å². The van der Waals surface area contributed by atoms with Crippen LogP contribution in [0.5, 0.6) is 0 Å². The minimum Gasteiger partial charge on any atom is -0.481 e. The maximum absolute atomic E-state index is 10.8. The summed E-state index contributed by atoms with van der Waals surface area (Å²) < 4.78 is 0. The molecule has 0 aliphatic rings. The van der Waals surface area contributed by atoms with E-state index in [4.69, 9.17) is 11.5 Å². The van der Waals surface area contributed by atoms with Crippen LogP contribution >= 0.6 is 0 Å². The minimum atomic E-state index is -0.783. The highest BCUT2D eigenvalue weighted by molar-refractivity contribution is 5.71. The van der Waals surface area contributed by atoms with Crippen LogP contribution in [0.1, 0.15) is 27.2 Å². The Morgan fingerprint density at radius 1 is 1.58 bits per heavy atom. The van der Waals surface area contributed by atoms with Crippen molar-refractivity contribution in [2.75, 3.05) is 0 Å². The molecule has 2 heteroatoms. The summed E-state index contributed by atoms with van der Waals surface area (Å²) >= 11 is 0. The summed E-state index contributed by atoms with van der Waals surface area (Å²) in [5, 5.41) is 8.88. The first-order valence-corrected chi connectivity index (χ1v) is 4.23.